The van der Waals surface area contributed by atoms with Crippen molar-refractivity contribution in [1.29, 1.82) is 0 Å². The van der Waals surface area contributed by atoms with Crippen molar-refractivity contribution in [1.82, 2.24) is 14.9 Å². The van der Waals surface area contributed by atoms with Crippen molar-refractivity contribution in [2.75, 3.05) is 33.4 Å². The monoisotopic (exact) mass is 359 g/mol. The standard InChI is InChI=1S/C15H25N3O3S2/c1-4-18(5-2)23(19,20)14-8-6-13(7-9-14)12-17-15(22)16-10-11-21-3/h6-9H,4-5,10-12H2,1-3H3,(H2,16,17,22). The van der Waals surface area contributed by atoms with E-state index in [1.54, 1.807) is 31.4 Å². The van der Waals surface area contributed by atoms with Crippen LogP contribution in [0.2, 0.25) is 0 Å². The molecule has 2 N–H and O–H groups in total. The Hall–Kier alpha value is -1.22. The summed E-state index contributed by atoms with van der Waals surface area (Å²) in [5.74, 6) is 0. The van der Waals surface area contributed by atoms with Gasteiger partial charge >= 0.3 is 0 Å². The van der Waals surface area contributed by atoms with Crippen LogP contribution >= 0.6 is 12.2 Å². The molecule has 0 saturated heterocycles. The van der Waals surface area contributed by atoms with Crippen molar-refractivity contribution in [2.45, 2.75) is 25.3 Å². The molecule has 0 fully saturated rings. The maximum Gasteiger partial charge on any atom is 0.243 e. The van der Waals surface area contributed by atoms with Gasteiger partial charge in [0, 0.05) is 33.3 Å². The molecule has 0 amide bonds. The molecule has 0 aliphatic heterocycles. The van der Waals surface area contributed by atoms with Crippen LogP contribution < -0.4 is 10.6 Å². The lowest BCUT2D eigenvalue weighted by atomic mass is 10.2. The first-order valence-electron chi connectivity index (χ1n) is 7.55. The highest BCUT2D eigenvalue weighted by molar-refractivity contribution is 7.89. The first kappa shape index (κ1) is 19.8. The minimum absolute atomic E-state index is 0.311. The third kappa shape index (κ3) is 6.06. The summed E-state index contributed by atoms with van der Waals surface area (Å²) < 4.78 is 31.1. The first-order valence-corrected chi connectivity index (χ1v) is 9.40. The second-order valence-corrected chi connectivity index (χ2v) is 7.18. The summed E-state index contributed by atoms with van der Waals surface area (Å²) in [5, 5.41) is 6.62. The molecule has 1 rings (SSSR count). The van der Waals surface area contributed by atoms with Gasteiger partial charge in [0.05, 0.1) is 11.5 Å². The van der Waals surface area contributed by atoms with Crippen LogP contribution in [0.1, 0.15) is 19.4 Å². The van der Waals surface area contributed by atoms with Crippen molar-refractivity contribution >= 4 is 27.4 Å². The van der Waals surface area contributed by atoms with Gasteiger partial charge in [0.25, 0.3) is 0 Å². The maximum absolute atomic E-state index is 12.4. The maximum atomic E-state index is 12.4. The lowest BCUT2D eigenvalue weighted by molar-refractivity contribution is 0.204. The van der Waals surface area contributed by atoms with Gasteiger partial charge in [0.2, 0.25) is 10.0 Å². The van der Waals surface area contributed by atoms with Crippen molar-refractivity contribution in [3.63, 3.8) is 0 Å². The molecular formula is C15H25N3O3S2. The predicted molar refractivity (Wildman–Crippen MR) is 95.9 cm³/mol. The second kappa shape index (κ2) is 9.82. The number of rotatable bonds is 9. The molecule has 1 aromatic rings. The van der Waals surface area contributed by atoms with Gasteiger partial charge in [-0.1, -0.05) is 26.0 Å². The van der Waals surface area contributed by atoms with Gasteiger partial charge in [-0.25, -0.2) is 8.42 Å². The normalized spacial score (nSPS) is 11.5. The summed E-state index contributed by atoms with van der Waals surface area (Å²) in [7, 11) is -1.77. The number of ether oxygens (including phenoxy) is 1. The predicted octanol–water partition coefficient (Wildman–Crippen LogP) is 1.33. The van der Waals surface area contributed by atoms with Gasteiger partial charge in [-0.2, -0.15) is 4.31 Å². The number of hydrogen-bond donors (Lipinski definition) is 2. The average Bonchev–Trinajstić information content (AvgIpc) is 2.54. The molecule has 0 bridgehead atoms. The molecule has 0 aliphatic carbocycles. The largest absolute Gasteiger partial charge is 0.383 e. The molecule has 0 aromatic heterocycles. The van der Waals surface area contributed by atoms with E-state index in [-0.39, 0.29) is 0 Å². The number of methoxy groups -OCH3 is 1. The second-order valence-electron chi connectivity index (χ2n) is 4.84. The van der Waals surface area contributed by atoms with E-state index in [2.05, 4.69) is 10.6 Å². The molecule has 0 spiro atoms. The molecule has 0 heterocycles. The Labute approximate surface area is 144 Å². The minimum Gasteiger partial charge on any atom is -0.383 e. The van der Waals surface area contributed by atoms with Crippen LogP contribution in [0.3, 0.4) is 0 Å². The van der Waals surface area contributed by atoms with Crippen molar-refractivity contribution in [3.05, 3.63) is 29.8 Å². The van der Waals surface area contributed by atoms with Crippen LogP contribution in [-0.4, -0.2) is 51.2 Å². The Bertz CT molecular complexity index is 584. The van der Waals surface area contributed by atoms with Gasteiger partial charge in [0.15, 0.2) is 5.11 Å². The third-order valence-electron chi connectivity index (χ3n) is 3.31. The zero-order valence-corrected chi connectivity index (χ0v) is 15.5. The first-order chi connectivity index (χ1) is 11.0. The van der Waals surface area contributed by atoms with Crippen LogP contribution in [0, 0.1) is 0 Å². The Morgan fingerprint density at radius 1 is 1.17 bits per heavy atom. The van der Waals surface area contributed by atoms with Crippen LogP contribution in [-0.2, 0) is 21.3 Å². The van der Waals surface area contributed by atoms with E-state index in [4.69, 9.17) is 17.0 Å². The topological polar surface area (TPSA) is 70.7 Å². The van der Waals surface area contributed by atoms with E-state index < -0.39 is 10.0 Å². The van der Waals surface area contributed by atoms with Crippen molar-refractivity contribution in [3.8, 4) is 0 Å². The van der Waals surface area contributed by atoms with Crippen molar-refractivity contribution < 1.29 is 13.2 Å². The quantitative estimate of drug-likeness (QED) is 0.512. The fraction of sp³-hybridized carbons (Fsp3) is 0.533. The minimum atomic E-state index is -3.40. The van der Waals surface area contributed by atoms with E-state index in [9.17, 15) is 8.42 Å². The number of thiocarbonyl (C=S) groups is 1. The van der Waals surface area contributed by atoms with Crippen molar-refractivity contribution in [2.24, 2.45) is 0 Å². The molecule has 0 radical (unpaired) electrons. The summed E-state index contributed by atoms with van der Waals surface area (Å²) in [6.45, 7) is 6.34. The van der Waals surface area contributed by atoms with E-state index in [1.165, 1.54) is 4.31 Å². The lowest BCUT2D eigenvalue weighted by Gasteiger charge is -2.18. The fourth-order valence-corrected chi connectivity index (χ4v) is 3.64. The molecule has 0 unspecified atom stereocenters. The number of nitrogens with one attached hydrogen (secondary N) is 2. The summed E-state index contributed by atoms with van der Waals surface area (Å²) in [6, 6.07) is 6.85. The Kier molecular flexibility index (Phi) is 8.46. The van der Waals surface area contributed by atoms with E-state index in [1.807, 2.05) is 13.8 Å². The number of hydrogen-bond acceptors (Lipinski definition) is 4. The van der Waals surface area contributed by atoms with Gasteiger partial charge < -0.3 is 15.4 Å². The Morgan fingerprint density at radius 2 is 1.78 bits per heavy atom. The zero-order chi connectivity index (χ0) is 17.3. The van der Waals surface area contributed by atoms with Gasteiger partial charge in [0.1, 0.15) is 0 Å². The van der Waals surface area contributed by atoms with E-state index >= 15 is 0 Å². The molecule has 0 atom stereocenters. The van der Waals surface area contributed by atoms with Gasteiger partial charge in [-0.05, 0) is 29.9 Å². The third-order valence-corrected chi connectivity index (χ3v) is 5.66. The molecule has 0 saturated carbocycles. The van der Waals surface area contributed by atoms with Crippen LogP contribution in [0.5, 0.6) is 0 Å². The fourth-order valence-electron chi connectivity index (χ4n) is 2.00. The van der Waals surface area contributed by atoms with Crippen LogP contribution in [0.25, 0.3) is 0 Å². The van der Waals surface area contributed by atoms with E-state index in [0.717, 1.165) is 5.56 Å². The number of benzene rings is 1. The summed E-state index contributed by atoms with van der Waals surface area (Å²) in [6.07, 6.45) is 0. The highest BCUT2D eigenvalue weighted by Gasteiger charge is 2.20. The summed E-state index contributed by atoms with van der Waals surface area (Å²) in [4.78, 5) is 0.311. The van der Waals surface area contributed by atoms with Crippen LogP contribution in [0.15, 0.2) is 29.2 Å². The molecule has 8 heteroatoms. The Morgan fingerprint density at radius 3 is 2.30 bits per heavy atom. The molecule has 130 valence electrons. The highest BCUT2D eigenvalue weighted by Crippen LogP contribution is 2.16. The summed E-state index contributed by atoms with van der Waals surface area (Å²) in [5.41, 5.74) is 0.958. The SMILES string of the molecule is CCN(CC)S(=O)(=O)c1ccc(CNC(=S)NCCOC)cc1. The average molecular weight is 360 g/mol. The van der Waals surface area contributed by atoms with Gasteiger partial charge in [-0.3, -0.25) is 0 Å². The highest BCUT2D eigenvalue weighted by atomic mass is 32.2. The zero-order valence-electron chi connectivity index (χ0n) is 13.8. The molecule has 6 nitrogen and oxygen atoms in total. The number of nitrogens with zero attached hydrogens (tertiary/aromatic N) is 1. The molecular weight excluding hydrogens is 334 g/mol. The molecule has 0 aliphatic rings. The van der Waals surface area contributed by atoms with Crippen LogP contribution in [0.4, 0.5) is 0 Å². The van der Waals surface area contributed by atoms with E-state index in [0.29, 0.717) is 42.8 Å². The smallest absolute Gasteiger partial charge is 0.243 e. The number of sulfonamides is 1. The Balaban J connectivity index is 2.62. The lowest BCUT2D eigenvalue weighted by Crippen LogP contribution is -2.36. The molecule has 23 heavy (non-hydrogen) atoms. The molecule has 1 aromatic carbocycles. The summed E-state index contributed by atoms with van der Waals surface area (Å²) >= 11 is 5.14. The van der Waals surface area contributed by atoms with Gasteiger partial charge in [-0.15, -0.1) is 0 Å².